The summed E-state index contributed by atoms with van der Waals surface area (Å²) in [4.78, 5) is 2.84. The Labute approximate surface area is 113 Å². The Hall–Kier alpha value is -0.0800. The van der Waals surface area contributed by atoms with Crippen LogP contribution in [0.1, 0.15) is 59.3 Å². The molecule has 1 saturated heterocycles. The molecule has 3 fully saturated rings. The Kier molecular flexibility index (Phi) is 3.44. The molecule has 0 radical (unpaired) electrons. The van der Waals surface area contributed by atoms with Crippen LogP contribution in [0.5, 0.6) is 0 Å². The van der Waals surface area contributed by atoms with E-state index in [0.29, 0.717) is 5.54 Å². The molecule has 2 aliphatic carbocycles. The van der Waals surface area contributed by atoms with Crippen LogP contribution in [-0.4, -0.2) is 35.6 Å². The molecular formula is C16H30N2. The molecule has 3 aliphatic rings. The summed E-state index contributed by atoms with van der Waals surface area (Å²) in [5.74, 6) is 2.01. The number of hydrogen-bond acceptors (Lipinski definition) is 2. The number of piperazine rings is 1. The minimum Gasteiger partial charge on any atom is -0.308 e. The molecule has 18 heavy (non-hydrogen) atoms. The van der Waals surface area contributed by atoms with Gasteiger partial charge in [0.15, 0.2) is 0 Å². The number of nitrogens with zero attached hydrogens (tertiary/aromatic N) is 1. The van der Waals surface area contributed by atoms with E-state index in [1.807, 2.05) is 0 Å². The molecule has 3 atom stereocenters. The van der Waals surface area contributed by atoms with E-state index in [4.69, 9.17) is 0 Å². The van der Waals surface area contributed by atoms with Gasteiger partial charge in [-0.3, -0.25) is 4.90 Å². The molecule has 0 spiro atoms. The van der Waals surface area contributed by atoms with Crippen molar-refractivity contribution in [2.45, 2.75) is 76.9 Å². The molecule has 0 bridgehead atoms. The van der Waals surface area contributed by atoms with Crippen molar-refractivity contribution in [2.75, 3.05) is 13.1 Å². The van der Waals surface area contributed by atoms with Crippen molar-refractivity contribution >= 4 is 0 Å². The summed E-state index contributed by atoms with van der Waals surface area (Å²) in [6.07, 6.45) is 8.62. The maximum Gasteiger partial charge on any atom is 0.0309 e. The third kappa shape index (κ3) is 2.60. The van der Waals surface area contributed by atoms with Gasteiger partial charge in [-0.1, -0.05) is 19.8 Å². The third-order valence-corrected chi connectivity index (χ3v) is 5.61. The van der Waals surface area contributed by atoms with E-state index in [2.05, 4.69) is 31.0 Å². The van der Waals surface area contributed by atoms with Crippen LogP contribution in [0.15, 0.2) is 0 Å². The fraction of sp³-hybridized carbons (Fsp3) is 1.00. The highest BCUT2D eigenvalue weighted by atomic mass is 15.3. The van der Waals surface area contributed by atoms with Crippen molar-refractivity contribution in [1.82, 2.24) is 10.2 Å². The second-order valence-corrected chi connectivity index (χ2v) is 7.34. The average molecular weight is 250 g/mol. The molecule has 1 N–H and O–H groups in total. The first kappa shape index (κ1) is 12.9. The first-order valence-corrected chi connectivity index (χ1v) is 8.13. The maximum atomic E-state index is 3.87. The summed E-state index contributed by atoms with van der Waals surface area (Å²) in [6, 6.07) is 1.56. The summed E-state index contributed by atoms with van der Waals surface area (Å²) >= 11 is 0. The highest BCUT2D eigenvalue weighted by molar-refractivity contribution is 5.05. The Bertz CT molecular complexity index is 295. The molecule has 0 aromatic heterocycles. The summed E-state index contributed by atoms with van der Waals surface area (Å²) < 4.78 is 0. The first-order chi connectivity index (χ1) is 8.62. The molecule has 1 aliphatic heterocycles. The highest BCUT2D eigenvalue weighted by Crippen LogP contribution is 2.42. The van der Waals surface area contributed by atoms with Crippen LogP contribution in [0, 0.1) is 11.8 Å². The molecule has 0 aromatic carbocycles. The lowest BCUT2D eigenvalue weighted by atomic mass is 9.89. The lowest BCUT2D eigenvalue weighted by molar-refractivity contribution is 0.0377. The van der Waals surface area contributed by atoms with Gasteiger partial charge in [0.05, 0.1) is 0 Å². The second-order valence-electron chi connectivity index (χ2n) is 7.34. The quantitative estimate of drug-likeness (QED) is 0.807. The zero-order valence-electron chi connectivity index (χ0n) is 12.4. The lowest BCUT2D eigenvalue weighted by Gasteiger charge is -2.49. The Morgan fingerprint density at radius 1 is 1.28 bits per heavy atom. The van der Waals surface area contributed by atoms with Gasteiger partial charge in [0.1, 0.15) is 0 Å². The van der Waals surface area contributed by atoms with E-state index in [1.54, 1.807) is 0 Å². The van der Waals surface area contributed by atoms with Crippen LogP contribution < -0.4 is 5.32 Å². The van der Waals surface area contributed by atoms with E-state index in [-0.39, 0.29) is 0 Å². The lowest BCUT2D eigenvalue weighted by Crippen LogP contribution is -2.65. The van der Waals surface area contributed by atoms with Crippen molar-refractivity contribution in [1.29, 1.82) is 0 Å². The highest BCUT2D eigenvalue weighted by Gasteiger charge is 2.46. The molecule has 2 saturated carbocycles. The summed E-state index contributed by atoms with van der Waals surface area (Å²) in [7, 11) is 0. The van der Waals surface area contributed by atoms with Crippen molar-refractivity contribution in [3.63, 3.8) is 0 Å². The molecular weight excluding hydrogens is 220 g/mol. The van der Waals surface area contributed by atoms with Gasteiger partial charge in [0.25, 0.3) is 0 Å². The fourth-order valence-electron chi connectivity index (χ4n) is 3.89. The van der Waals surface area contributed by atoms with Gasteiger partial charge < -0.3 is 5.32 Å². The second kappa shape index (κ2) is 4.79. The van der Waals surface area contributed by atoms with Crippen LogP contribution in [-0.2, 0) is 0 Å². The number of rotatable bonds is 5. The molecule has 0 amide bonds. The van der Waals surface area contributed by atoms with Gasteiger partial charge in [0.2, 0.25) is 0 Å². The smallest absolute Gasteiger partial charge is 0.0309 e. The van der Waals surface area contributed by atoms with E-state index in [9.17, 15) is 0 Å². The average Bonchev–Trinajstić information content (AvgIpc) is 3.21. The SMILES string of the molecule is CCC1CNC(C)(C2CC2)CN1C(C)CC1CC1. The van der Waals surface area contributed by atoms with Gasteiger partial charge in [-0.15, -0.1) is 0 Å². The molecule has 104 valence electrons. The molecule has 3 unspecified atom stereocenters. The van der Waals surface area contributed by atoms with E-state index >= 15 is 0 Å². The normalized spacial score (nSPS) is 39.8. The van der Waals surface area contributed by atoms with E-state index in [1.165, 1.54) is 51.6 Å². The molecule has 2 nitrogen and oxygen atoms in total. The first-order valence-electron chi connectivity index (χ1n) is 8.13. The van der Waals surface area contributed by atoms with Gasteiger partial charge in [-0.2, -0.15) is 0 Å². The molecule has 0 aromatic rings. The molecule has 3 rings (SSSR count). The predicted octanol–water partition coefficient (Wildman–Crippen LogP) is 3.03. The Morgan fingerprint density at radius 3 is 2.56 bits per heavy atom. The van der Waals surface area contributed by atoms with Crippen molar-refractivity contribution in [3.8, 4) is 0 Å². The van der Waals surface area contributed by atoms with Gasteiger partial charge in [-0.25, -0.2) is 0 Å². The van der Waals surface area contributed by atoms with E-state index < -0.39 is 0 Å². The topological polar surface area (TPSA) is 15.3 Å². The monoisotopic (exact) mass is 250 g/mol. The zero-order chi connectivity index (χ0) is 12.8. The van der Waals surface area contributed by atoms with Crippen molar-refractivity contribution in [3.05, 3.63) is 0 Å². The summed E-state index contributed by atoms with van der Waals surface area (Å²) in [6.45, 7) is 9.78. The van der Waals surface area contributed by atoms with Crippen LogP contribution in [0.3, 0.4) is 0 Å². The zero-order valence-corrected chi connectivity index (χ0v) is 12.4. The minimum absolute atomic E-state index is 0.406. The largest absolute Gasteiger partial charge is 0.308 e. The maximum absolute atomic E-state index is 3.87. The number of nitrogens with one attached hydrogen (secondary N) is 1. The summed E-state index contributed by atoms with van der Waals surface area (Å²) in [5.41, 5.74) is 0.406. The Balaban J connectivity index is 1.65. The molecule has 1 heterocycles. The third-order valence-electron chi connectivity index (χ3n) is 5.61. The van der Waals surface area contributed by atoms with E-state index in [0.717, 1.165) is 23.9 Å². The van der Waals surface area contributed by atoms with Gasteiger partial charge in [-0.05, 0) is 51.4 Å². The van der Waals surface area contributed by atoms with Crippen LogP contribution >= 0.6 is 0 Å². The van der Waals surface area contributed by atoms with Crippen LogP contribution in [0.2, 0.25) is 0 Å². The van der Waals surface area contributed by atoms with Crippen LogP contribution in [0.25, 0.3) is 0 Å². The fourth-order valence-corrected chi connectivity index (χ4v) is 3.89. The minimum atomic E-state index is 0.406. The van der Waals surface area contributed by atoms with Crippen molar-refractivity contribution < 1.29 is 0 Å². The van der Waals surface area contributed by atoms with Crippen molar-refractivity contribution in [2.24, 2.45) is 11.8 Å². The predicted molar refractivity (Wildman–Crippen MR) is 76.7 cm³/mol. The number of hydrogen-bond donors (Lipinski definition) is 1. The molecule has 2 heteroatoms. The standard InChI is InChI=1S/C16H30N2/c1-4-15-10-17-16(3,14-7-8-14)11-18(15)12(2)9-13-5-6-13/h12-15,17H,4-11H2,1-3H3. The Morgan fingerprint density at radius 2 is 2.00 bits per heavy atom. The summed E-state index contributed by atoms with van der Waals surface area (Å²) in [5, 5.41) is 3.87. The van der Waals surface area contributed by atoms with Gasteiger partial charge in [0, 0.05) is 30.7 Å². The van der Waals surface area contributed by atoms with Gasteiger partial charge >= 0.3 is 0 Å². The van der Waals surface area contributed by atoms with Crippen LogP contribution in [0.4, 0.5) is 0 Å².